The summed E-state index contributed by atoms with van der Waals surface area (Å²) >= 11 is 0. The van der Waals surface area contributed by atoms with Gasteiger partial charge in [0.15, 0.2) is 6.10 Å². The minimum absolute atomic E-state index is 0.227. The second-order valence-electron chi connectivity index (χ2n) is 3.85. The number of aliphatic hydroxyl groups excluding tert-OH is 1. The number of nitrogens with one attached hydrogen (secondary N) is 1. The Morgan fingerprint density at radius 2 is 2.35 bits per heavy atom. The van der Waals surface area contributed by atoms with Gasteiger partial charge in [-0.15, -0.1) is 0 Å². The van der Waals surface area contributed by atoms with Crippen LogP contribution in [-0.2, 0) is 6.54 Å². The van der Waals surface area contributed by atoms with Crippen molar-refractivity contribution in [3.8, 4) is 0 Å². The number of aromatic amines is 1. The molecule has 0 saturated carbocycles. The third-order valence-electron chi connectivity index (χ3n) is 2.54. The van der Waals surface area contributed by atoms with Gasteiger partial charge in [0.25, 0.3) is 0 Å². The third-order valence-corrected chi connectivity index (χ3v) is 2.54. The molecule has 2 heterocycles. The molecule has 5 nitrogen and oxygen atoms in total. The van der Waals surface area contributed by atoms with Crippen molar-refractivity contribution < 1.29 is 5.11 Å². The monoisotopic (exact) mass is 233 g/mol. The first-order valence-corrected chi connectivity index (χ1v) is 5.60. The molecule has 2 rings (SSSR count). The third kappa shape index (κ3) is 2.45. The molecule has 0 spiro atoms. The van der Waals surface area contributed by atoms with E-state index < -0.39 is 6.10 Å². The maximum Gasteiger partial charge on any atom is 0.248 e. The average Bonchev–Trinajstić information content (AvgIpc) is 2.77. The number of imidazole rings is 1. The Bertz CT molecular complexity index is 544. The van der Waals surface area contributed by atoms with Crippen LogP contribution in [0.3, 0.4) is 0 Å². The van der Waals surface area contributed by atoms with Crippen LogP contribution in [0.25, 0.3) is 0 Å². The van der Waals surface area contributed by atoms with Gasteiger partial charge in [-0.3, -0.25) is 4.79 Å². The zero-order valence-electron chi connectivity index (χ0n) is 9.63. The van der Waals surface area contributed by atoms with Crippen molar-refractivity contribution in [2.75, 3.05) is 0 Å². The molecule has 2 aromatic heterocycles. The number of hydrogen-bond acceptors (Lipinski definition) is 3. The molecule has 0 saturated heterocycles. The molecule has 17 heavy (non-hydrogen) atoms. The molecule has 0 amide bonds. The van der Waals surface area contributed by atoms with Crippen LogP contribution < -0.4 is 5.56 Å². The number of hydrogen-bond donors (Lipinski definition) is 2. The molecule has 0 aromatic carbocycles. The standard InChI is InChI=1S/C12H15N3O2/c1-2-7-15-8-6-13-12(15)11(17)9-4-3-5-10(16)14-9/h3-6,8,11,17H,2,7H2,1H3,(H,14,16). The molecular formula is C12H15N3O2. The van der Waals surface area contributed by atoms with Gasteiger partial charge in [0.2, 0.25) is 5.56 Å². The van der Waals surface area contributed by atoms with Gasteiger partial charge in [-0.05, 0) is 12.5 Å². The lowest BCUT2D eigenvalue weighted by Crippen LogP contribution is -2.14. The fourth-order valence-corrected chi connectivity index (χ4v) is 1.76. The van der Waals surface area contributed by atoms with Crippen LogP contribution in [0.4, 0.5) is 0 Å². The van der Waals surface area contributed by atoms with Gasteiger partial charge in [-0.1, -0.05) is 13.0 Å². The minimum atomic E-state index is -0.898. The molecule has 0 aliphatic carbocycles. The highest BCUT2D eigenvalue weighted by molar-refractivity contribution is 5.15. The number of aromatic nitrogens is 3. The first-order valence-electron chi connectivity index (χ1n) is 5.60. The van der Waals surface area contributed by atoms with Crippen LogP contribution in [0.15, 0.2) is 35.4 Å². The summed E-state index contributed by atoms with van der Waals surface area (Å²) in [5, 5.41) is 10.2. The second kappa shape index (κ2) is 4.97. The van der Waals surface area contributed by atoms with E-state index in [1.807, 2.05) is 10.8 Å². The number of rotatable bonds is 4. The lowest BCUT2D eigenvalue weighted by Gasteiger charge is -2.12. The van der Waals surface area contributed by atoms with Gasteiger partial charge in [-0.2, -0.15) is 0 Å². The van der Waals surface area contributed by atoms with E-state index in [1.54, 1.807) is 18.3 Å². The Labute approximate surface area is 98.8 Å². The van der Waals surface area contributed by atoms with Gasteiger partial charge in [-0.25, -0.2) is 4.98 Å². The molecule has 0 bridgehead atoms. The molecule has 0 fully saturated rings. The number of aliphatic hydroxyl groups is 1. The SMILES string of the molecule is CCCn1ccnc1C(O)c1cccc(=O)[nH]1. The van der Waals surface area contributed by atoms with E-state index in [9.17, 15) is 9.90 Å². The lowest BCUT2D eigenvalue weighted by molar-refractivity contribution is 0.199. The molecule has 1 atom stereocenters. The summed E-state index contributed by atoms with van der Waals surface area (Å²) in [6.07, 6.45) is 3.53. The fourth-order valence-electron chi connectivity index (χ4n) is 1.76. The van der Waals surface area contributed by atoms with Crippen molar-refractivity contribution in [1.29, 1.82) is 0 Å². The number of aryl methyl sites for hydroxylation is 1. The Balaban J connectivity index is 2.33. The van der Waals surface area contributed by atoms with Crippen molar-refractivity contribution >= 4 is 0 Å². The highest BCUT2D eigenvalue weighted by atomic mass is 16.3. The Kier molecular flexibility index (Phi) is 3.39. The van der Waals surface area contributed by atoms with Crippen molar-refractivity contribution in [1.82, 2.24) is 14.5 Å². The number of pyridine rings is 1. The van der Waals surface area contributed by atoms with Crippen LogP contribution >= 0.6 is 0 Å². The molecule has 90 valence electrons. The molecular weight excluding hydrogens is 218 g/mol. The van der Waals surface area contributed by atoms with Gasteiger partial charge in [0, 0.05) is 25.0 Å². The van der Waals surface area contributed by atoms with Crippen LogP contribution in [-0.4, -0.2) is 19.6 Å². The van der Waals surface area contributed by atoms with Crippen molar-refractivity contribution in [3.63, 3.8) is 0 Å². The normalized spacial score (nSPS) is 12.6. The van der Waals surface area contributed by atoms with Crippen LogP contribution in [0.2, 0.25) is 0 Å². The van der Waals surface area contributed by atoms with Crippen molar-refractivity contribution in [3.05, 3.63) is 52.5 Å². The Morgan fingerprint density at radius 1 is 1.53 bits per heavy atom. The lowest BCUT2D eigenvalue weighted by atomic mass is 10.2. The van der Waals surface area contributed by atoms with Gasteiger partial charge in [0.05, 0.1) is 5.69 Å². The quantitative estimate of drug-likeness (QED) is 0.829. The van der Waals surface area contributed by atoms with Crippen LogP contribution in [0, 0.1) is 0 Å². The molecule has 0 aliphatic heterocycles. The fraction of sp³-hybridized carbons (Fsp3) is 0.333. The maximum atomic E-state index is 11.2. The van der Waals surface area contributed by atoms with E-state index >= 15 is 0 Å². The summed E-state index contributed by atoms with van der Waals surface area (Å²) in [7, 11) is 0. The van der Waals surface area contributed by atoms with E-state index in [0.29, 0.717) is 11.5 Å². The zero-order chi connectivity index (χ0) is 12.3. The highest BCUT2D eigenvalue weighted by Crippen LogP contribution is 2.17. The number of H-pyrrole nitrogens is 1. The smallest absolute Gasteiger partial charge is 0.248 e. The molecule has 0 aliphatic rings. The summed E-state index contributed by atoms with van der Waals surface area (Å²) in [6.45, 7) is 2.85. The summed E-state index contributed by atoms with van der Waals surface area (Å²) in [6, 6.07) is 4.70. The number of nitrogens with zero attached hydrogens (tertiary/aromatic N) is 2. The predicted octanol–water partition coefficient (Wildman–Crippen LogP) is 1.06. The first kappa shape index (κ1) is 11.6. The van der Waals surface area contributed by atoms with Crippen molar-refractivity contribution in [2.24, 2.45) is 0 Å². The van der Waals surface area contributed by atoms with E-state index in [-0.39, 0.29) is 5.56 Å². The first-order chi connectivity index (χ1) is 8.22. The predicted molar refractivity (Wildman–Crippen MR) is 63.6 cm³/mol. The summed E-state index contributed by atoms with van der Waals surface area (Å²) in [5.41, 5.74) is 0.233. The van der Waals surface area contributed by atoms with Gasteiger partial charge < -0.3 is 14.7 Å². The van der Waals surface area contributed by atoms with Crippen LogP contribution in [0.1, 0.15) is 31.0 Å². The second-order valence-corrected chi connectivity index (χ2v) is 3.85. The van der Waals surface area contributed by atoms with E-state index in [2.05, 4.69) is 16.9 Å². The summed E-state index contributed by atoms with van der Waals surface area (Å²) < 4.78 is 1.88. The van der Waals surface area contributed by atoms with Gasteiger partial charge >= 0.3 is 0 Å². The molecule has 2 N–H and O–H groups in total. The minimum Gasteiger partial charge on any atom is -0.379 e. The van der Waals surface area contributed by atoms with Crippen LogP contribution in [0.5, 0.6) is 0 Å². The van der Waals surface area contributed by atoms with E-state index in [4.69, 9.17) is 0 Å². The maximum absolute atomic E-state index is 11.2. The van der Waals surface area contributed by atoms with Crippen molar-refractivity contribution in [2.45, 2.75) is 26.0 Å². The largest absolute Gasteiger partial charge is 0.379 e. The topological polar surface area (TPSA) is 70.9 Å². The summed E-state index contributed by atoms with van der Waals surface area (Å²) in [4.78, 5) is 17.9. The molecule has 1 unspecified atom stereocenters. The summed E-state index contributed by atoms with van der Waals surface area (Å²) in [5.74, 6) is 0.550. The molecule has 2 aromatic rings. The Hall–Kier alpha value is -1.88. The molecule has 5 heteroatoms. The Morgan fingerprint density at radius 3 is 3.06 bits per heavy atom. The van der Waals surface area contributed by atoms with E-state index in [1.165, 1.54) is 6.07 Å². The highest BCUT2D eigenvalue weighted by Gasteiger charge is 2.16. The zero-order valence-corrected chi connectivity index (χ0v) is 9.63. The average molecular weight is 233 g/mol. The van der Waals surface area contributed by atoms with E-state index in [0.717, 1.165) is 13.0 Å². The molecule has 0 radical (unpaired) electrons. The van der Waals surface area contributed by atoms with Gasteiger partial charge in [0.1, 0.15) is 5.82 Å².